The average molecular weight is 449 g/mol. The summed E-state index contributed by atoms with van der Waals surface area (Å²) in [6.45, 7) is 3.40. The summed E-state index contributed by atoms with van der Waals surface area (Å²) in [7, 11) is 0. The Hall–Kier alpha value is -3.49. The fourth-order valence-corrected chi connectivity index (χ4v) is 3.85. The zero-order valence-corrected chi connectivity index (χ0v) is 18.5. The first-order valence-corrected chi connectivity index (χ1v) is 11.3. The second-order valence-electron chi connectivity index (χ2n) is 7.15. The van der Waals surface area contributed by atoms with Gasteiger partial charge in [-0.2, -0.15) is 0 Å². The first kappa shape index (κ1) is 21.7. The minimum atomic E-state index is -0.138. The largest absolute Gasteiger partial charge is 0.455 e. The molecule has 0 fully saturated rings. The molecule has 0 aliphatic heterocycles. The van der Waals surface area contributed by atoms with Crippen molar-refractivity contribution in [3.63, 3.8) is 0 Å². The van der Waals surface area contributed by atoms with Gasteiger partial charge in [-0.15, -0.1) is 21.5 Å². The van der Waals surface area contributed by atoms with Crippen LogP contribution in [0.2, 0.25) is 0 Å². The molecule has 0 saturated heterocycles. The van der Waals surface area contributed by atoms with Crippen molar-refractivity contribution in [3.05, 3.63) is 78.0 Å². The third-order valence-electron chi connectivity index (χ3n) is 4.60. The average Bonchev–Trinajstić information content (AvgIpc) is 3.48. The summed E-state index contributed by atoms with van der Waals surface area (Å²) in [6.07, 6.45) is 0.896. The molecule has 1 amide bonds. The Morgan fingerprint density at radius 1 is 1.06 bits per heavy atom. The lowest BCUT2D eigenvalue weighted by Crippen LogP contribution is -2.33. The number of rotatable bonds is 10. The van der Waals surface area contributed by atoms with Crippen LogP contribution in [0.25, 0.3) is 10.8 Å². The van der Waals surface area contributed by atoms with Crippen molar-refractivity contribution >= 4 is 22.9 Å². The van der Waals surface area contributed by atoms with Crippen molar-refractivity contribution in [2.24, 2.45) is 0 Å². The van der Waals surface area contributed by atoms with Crippen LogP contribution in [-0.2, 0) is 11.3 Å². The number of aromatic nitrogens is 2. The molecule has 1 N–H and O–H groups in total. The van der Waals surface area contributed by atoms with Gasteiger partial charge in [0.2, 0.25) is 11.8 Å². The number of benzene rings is 2. The van der Waals surface area contributed by atoms with Crippen LogP contribution in [0.5, 0.6) is 11.5 Å². The minimum Gasteiger partial charge on any atom is -0.455 e. The summed E-state index contributed by atoms with van der Waals surface area (Å²) >= 11 is 1.55. The summed E-state index contributed by atoms with van der Waals surface area (Å²) in [5, 5.41) is 13.2. The number of nitrogens with zero attached hydrogens (tertiary/aromatic N) is 3. The van der Waals surface area contributed by atoms with Crippen LogP contribution in [0.4, 0.5) is 5.69 Å². The first-order valence-electron chi connectivity index (χ1n) is 10.4. The van der Waals surface area contributed by atoms with Gasteiger partial charge in [0.05, 0.1) is 23.7 Å². The quantitative estimate of drug-likeness (QED) is 0.348. The summed E-state index contributed by atoms with van der Waals surface area (Å²) < 4.78 is 11.7. The van der Waals surface area contributed by atoms with Crippen LogP contribution in [-0.4, -0.2) is 34.1 Å². The molecular formula is C24H24N4O3S. The molecule has 0 radical (unpaired) electrons. The molecule has 0 aliphatic carbocycles. The molecule has 0 aliphatic rings. The number of thiophene rings is 1. The van der Waals surface area contributed by atoms with E-state index in [0.717, 1.165) is 17.8 Å². The van der Waals surface area contributed by atoms with Crippen LogP contribution >= 0.6 is 11.3 Å². The number of hydrogen-bond donors (Lipinski definition) is 1. The lowest BCUT2D eigenvalue weighted by molar-refractivity contribution is -0.117. The summed E-state index contributed by atoms with van der Waals surface area (Å²) in [6, 6.07) is 20.7. The molecule has 7 nitrogen and oxygen atoms in total. The molecule has 164 valence electrons. The maximum Gasteiger partial charge on any atom is 0.257 e. The molecule has 0 bridgehead atoms. The van der Waals surface area contributed by atoms with E-state index in [1.54, 1.807) is 11.3 Å². The van der Waals surface area contributed by atoms with Crippen LogP contribution in [0.15, 0.2) is 76.5 Å². The van der Waals surface area contributed by atoms with Gasteiger partial charge >= 0.3 is 0 Å². The smallest absolute Gasteiger partial charge is 0.257 e. The SMILES string of the molecule is CCCN(CC(=O)Nc1ccccc1Oc1ccccc1)Cc1nnc(-c2cccs2)o1. The van der Waals surface area contributed by atoms with E-state index in [1.165, 1.54) is 0 Å². The molecule has 2 aromatic carbocycles. The molecule has 8 heteroatoms. The van der Waals surface area contributed by atoms with Gasteiger partial charge in [0.15, 0.2) is 5.75 Å². The second kappa shape index (κ2) is 10.7. The lowest BCUT2D eigenvalue weighted by Gasteiger charge is -2.19. The number of para-hydroxylation sites is 3. The van der Waals surface area contributed by atoms with Gasteiger partial charge in [0.25, 0.3) is 5.89 Å². The first-order chi connectivity index (χ1) is 15.7. The lowest BCUT2D eigenvalue weighted by atomic mass is 10.2. The number of ether oxygens (including phenoxy) is 1. The fourth-order valence-electron chi connectivity index (χ4n) is 3.21. The Morgan fingerprint density at radius 2 is 1.88 bits per heavy atom. The number of hydrogen-bond acceptors (Lipinski definition) is 7. The zero-order chi connectivity index (χ0) is 22.2. The predicted molar refractivity (Wildman–Crippen MR) is 125 cm³/mol. The van der Waals surface area contributed by atoms with Crippen molar-refractivity contribution in [1.29, 1.82) is 0 Å². The van der Waals surface area contributed by atoms with E-state index in [9.17, 15) is 4.79 Å². The number of carbonyl (C=O) groups is 1. The maximum atomic E-state index is 12.8. The van der Waals surface area contributed by atoms with E-state index < -0.39 is 0 Å². The maximum absolute atomic E-state index is 12.8. The molecular weight excluding hydrogens is 424 g/mol. The molecule has 0 unspecified atom stereocenters. The number of nitrogens with one attached hydrogen (secondary N) is 1. The van der Waals surface area contributed by atoms with E-state index in [1.807, 2.05) is 77.0 Å². The zero-order valence-electron chi connectivity index (χ0n) is 17.7. The van der Waals surface area contributed by atoms with Gasteiger partial charge in [-0.25, -0.2) is 0 Å². The molecule has 0 atom stereocenters. The fraction of sp³-hybridized carbons (Fsp3) is 0.208. The molecule has 32 heavy (non-hydrogen) atoms. The van der Waals surface area contributed by atoms with Crippen molar-refractivity contribution in [2.75, 3.05) is 18.4 Å². The number of amides is 1. The second-order valence-corrected chi connectivity index (χ2v) is 8.10. The Bertz CT molecular complexity index is 1130. The van der Waals surface area contributed by atoms with Crippen molar-refractivity contribution < 1.29 is 13.9 Å². The molecule has 4 rings (SSSR count). The van der Waals surface area contributed by atoms with Gasteiger partial charge < -0.3 is 14.5 Å². The van der Waals surface area contributed by atoms with Crippen LogP contribution in [0, 0.1) is 0 Å². The van der Waals surface area contributed by atoms with E-state index >= 15 is 0 Å². The van der Waals surface area contributed by atoms with Crippen LogP contribution < -0.4 is 10.1 Å². The van der Waals surface area contributed by atoms with Crippen molar-refractivity contribution in [1.82, 2.24) is 15.1 Å². The highest BCUT2D eigenvalue weighted by Gasteiger charge is 2.17. The summed E-state index contributed by atoms with van der Waals surface area (Å²) in [5.41, 5.74) is 0.621. The van der Waals surface area contributed by atoms with Gasteiger partial charge in [-0.3, -0.25) is 9.69 Å². The third-order valence-corrected chi connectivity index (χ3v) is 5.45. The highest BCUT2D eigenvalue weighted by Crippen LogP contribution is 2.29. The summed E-state index contributed by atoms with van der Waals surface area (Å²) in [4.78, 5) is 15.7. The van der Waals surface area contributed by atoms with Gasteiger partial charge in [0.1, 0.15) is 5.75 Å². The minimum absolute atomic E-state index is 0.138. The molecule has 0 saturated carbocycles. The Morgan fingerprint density at radius 3 is 2.66 bits per heavy atom. The Balaban J connectivity index is 1.39. The number of anilines is 1. The molecule has 2 aromatic heterocycles. The van der Waals surface area contributed by atoms with Gasteiger partial charge in [0, 0.05) is 0 Å². The van der Waals surface area contributed by atoms with E-state index in [-0.39, 0.29) is 12.5 Å². The van der Waals surface area contributed by atoms with Gasteiger partial charge in [-0.1, -0.05) is 43.3 Å². The van der Waals surface area contributed by atoms with E-state index in [0.29, 0.717) is 35.5 Å². The topological polar surface area (TPSA) is 80.5 Å². The monoisotopic (exact) mass is 448 g/mol. The van der Waals surface area contributed by atoms with Crippen LogP contribution in [0.1, 0.15) is 19.2 Å². The Labute approximate surface area is 190 Å². The van der Waals surface area contributed by atoms with E-state index in [2.05, 4.69) is 22.4 Å². The standard InChI is InChI=1S/C24H24N4O3S/c1-2-14-28(17-23-26-27-24(31-23)21-13-8-15-32-21)16-22(29)25-19-11-6-7-12-20(19)30-18-9-4-3-5-10-18/h3-13,15H,2,14,16-17H2,1H3,(H,25,29). The summed E-state index contributed by atoms with van der Waals surface area (Å²) in [5.74, 6) is 2.15. The molecule has 2 heterocycles. The molecule has 4 aromatic rings. The third kappa shape index (κ3) is 5.81. The van der Waals surface area contributed by atoms with Gasteiger partial charge in [-0.05, 0) is 48.7 Å². The number of carbonyl (C=O) groups excluding carboxylic acids is 1. The highest BCUT2D eigenvalue weighted by atomic mass is 32.1. The highest BCUT2D eigenvalue weighted by molar-refractivity contribution is 7.13. The normalized spacial score (nSPS) is 10.9. The Kier molecular flexibility index (Phi) is 7.27. The van der Waals surface area contributed by atoms with Crippen LogP contribution in [0.3, 0.4) is 0 Å². The predicted octanol–water partition coefficient (Wildman–Crippen LogP) is 5.44. The van der Waals surface area contributed by atoms with E-state index in [4.69, 9.17) is 9.15 Å². The van der Waals surface area contributed by atoms with Crippen molar-refractivity contribution in [2.45, 2.75) is 19.9 Å². The molecule has 0 spiro atoms. The van der Waals surface area contributed by atoms with Crippen molar-refractivity contribution in [3.8, 4) is 22.3 Å².